The van der Waals surface area contributed by atoms with Crippen molar-refractivity contribution in [3.05, 3.63) is 29.3 Å². The van der Waals surface area contributed by atoms with Gasteiger partial charge in [-0.1, -0.05) is 6.07 Å². The van der Waals surface area contributed by atoms with Gasteiger partial charge in [-0.3, -0.25) is 0 Å². The zero-order valence-corrected chi connectivity index (χ0v) is 8.87. The van der Waals surface area contributed by atoms with Gasteiger partial charge < -0.3 is 9.47 Å². The summed E-state index contributed by atoms with van der Waals surface area (Å²) < 4.78 is 10.8. The molecule has 0 N–H and O–H groups in total. The number of epoxide rings is 1. The van der Waals surface area contributed by atoms with E-state index in [1.165, 1.54) is 36.8 Å². The molecule has 1 fully saturated rings. The summed E-state index contributed by atoms with van der Waals surface area (Å²) >= 11 is 0. The third-order valence-electron chi connectivity index (χ3n) is 3.16. The molecule has 1 saturated heterocycles. The standard InChI is InChI=1S/C13H16O2/c1-2-4-11-7-12(6-5-10(11)3-1)14-8-13-9-15-13/h5-7,13H,1-4,8-9H2/t13-/m0/s1. The molecule has 2 nitrogen and oxygen atoms in total. The lowest BCUT2D eigenvalue weighted by Gasteiger charge is -2.16. The van der Waals surface area contributed by atoms with E-state index in [0.717, 1.165) is 12.4 Å². The fourth-order valence-corrected chi connectivity index (χ4v) is 2.15. The van der Waals surface area contributed by atoms with Crippen molar-refractivity contribution < 1.29 is 9.47 Å². The van der Waals surface area contributed by atoms with Gasteiger partial charge in [0, 0.05) is 0 Å². The minimum Gasteiger partial charge on any atom is -0.491 e. The summed E-state index contributed by atoms with van der Waals surface area (Å²) in [6.45, 7) is 1.57. The van der Waals surface area contributed by atoms with Crippen LogP contribution < -0.4 is 4.74 Å². The normalized spacial score (nSPS) is 23.3. The van der Waals surface area contributed by atoms with Crippen LogP contribution in [0.5, 0.6) is 5.75 Å². The van der Waals surface area contributed by atoms with Crippen molar-refractivity contribution in [3.63, 3.8) is 0 Å². The molecule has 0 bridgehead atoms. The average Bonchev–Trinajstić information content (AvgIpc) is 3.10. The van der Waals surface area contributed by atoms with E-state index >= 15 is 0 Å². The van der Waals surface area contributed by atoms with Crippen LogP contribution >= 0.6 is 0 Å². The van der Waals surface area contributed by atoms with Crippen LogP contribution in [-0.4, -0.2) is 19.3 Å². The van der Waals surface area contributed by atoms with Crippen LogP contribution in [0.4, 0.5) is 0 Å². The van der Waals surface area contributed by atoms with E-state index in [-0.39, 0.29) is 0 Å². The molecule has 1 heterocycles. The zero-order chi connectivity index (χ0) is 10.1. The van der Waals surface area contributed by atoms with Crippen molar-refractivity contribution in [2.75, 3.05) is 13.2 Å². The third-order valence-corrected chi connectivity index (χ3v) is 3.16. The first-order chi connectivity index (χ1) is 7.42. The Kier molecular flexibility index (Phi) is 2.37. The molecular formula is C13H16O2. The van der Waals surface area contributed by atoms with Crippen molar-refractivity contribution in [1.29, 1.82) is 0 Å². The van der Waals surface area contributed by atoms with Crippen LogP contribution in [0.15, 0.2) is 18.2 Å². The lowest BCUT2D eigenvalue weighted by Crippen LogP contribution is -2.06. The molecule has 2 heteroatoms. The van der Waals surface area contributed by atoms with E-state index in [0.29, 0.717) is 12.7 Å². The van der Waals surface area contributed by atoms with E-state index in [4.69, 9.17) is 9.47 Å². The molecule has 0 radical (unpaired) electrons. The van der Waals surface area contributed by atoms with E-state index < -0.39 is 0 Å². The molecule has 0 spiro atoms. The maximum atomic E-state index is 5.67. The summed E-state index contributed by atoms with van der Waals surface area (Å²) in [6, 6.07) is 6.51. The highest BCUT2D eigenvalue weighted by Gasteiger charge is 2.23. The summed E-state index contributed by atoms with van der Waals surface area (Å²) in [4.78, 5) is 0. The van der Waals surface area contributed by atoms with E-state index in [2.05, 4.69) is 18.2 Å². The first kappa shape index (κ1) is 9.22. The van der Waals surface area contributed by atoms with Crippen LogP contribution in [0.1, 0.15) is 24.0 Å². The largest absolute Gasteiger partial charge is 0.491 e. The molecule has 1 aromatic rings. The Labute approximate surface area is 90.2 Å². The molecule has 1 aromatic carbocycles. The molecule has 0 amide bonds. The van der Waals surface area contributed by atoms with Crippen LogP contribution in [0.3, 0.4) is 0 Å². The monoisotopic (exact) mass is 204 g/mol. The van der Waals surface area contributed by atoms with Gasteiger partial charge in [-0.05, 0) is 48.9 Å². The Bertz CT molecular complexity index is 356. The topological polar surface area (TPSA) is 21.8 Å². The fourth-order valence-electron chi connectivity index (χ4n) is 2.15. The summed E-state index contributed by atoms with van der Waals surface area (Å²) in [7, 11) is 0. The maximum absolute atomic E-state index is 5.67. The van der Waals surface area contributed by atoms with Gasteiger partial charge in [0.15, 0.2) is 0 Å². The Morgan fingerprint density at radius 2 is 2.00 bits per heavy atom. The predicted molar refractivity (Wildman–Crippen MR) is 58.3 cm³/mol. The Balaban J connectivity index is 1.71. The molecule has 15 heavy (non-hydrogen) atoms. The van der Waals surface area contributed by atoms with Crippen molar-refractivity contribution in [2.24, 2.45) is 0 Å². The predicted octanol–water partition coefficient (Wildman–Crippen LogP) is 2.34. The van der Waals surface area contributed by atoms with Crippen LogP contribution in [0.2, 0.25) is 0 Å². The van der Waals surface area contributed by atoms with E-state index in [1.807, 2.05) is 0 Å². The van der Waals surface area contributed by atoms with Crippen LogP contribution in [0, 0.1) is 0 Å². The van der Waals surface area contributed by atoms with Gasteiger partial charge in [-0.2, -0.15) is 0 Å². The lowest BCUT2D eigenvalue weighted by atomic mass is 9.92. The molecule has 1 aliphatic carbocycles. The zero-order valence-electron chi connectivity index (χ0n) is 8.87. The highest BCUT2D eigenvalue weighted by molar-refractivity contribution is 5.37. The molecule has 0 aromatic heterocycles. The van der Waals surface area contributed by atoms with Crippen molar-refractivity contribution in [2.45, 2.75) is 31.8 Å². The number of benzene rings is 1. The molecule has 1 atom stereocenters. The highest BCUT2D eigenvalue weighted by atomic mass is 16.6. The number of hydrogen-bond donors (Lipinski definition) is 0. The molecule has 0 unspecified atom stereocenters. The summed E-state index contributed by atoms with van der Waals surface area (Å²) in [5, 5.41) is 0. The minimum atomic E-state index is 0.348. The second kappa shape index (κ2) is 3.86. The average molecular weight is 204 g/mol. The molecule has 2 aliphatic rings. The number of ether oxygens (including phenoxy) is 2. The van der Waals surface area contributed by atoms with E-state index in [1.54, 1.807) is 0 Å². The summed E-state index contributed by atoms with van der Waals surface area (Å²) in [5.74, 6) is 1.01. The Morgan fingerprint density at radius 1 is 1.20 bits per heavy atom. The van der Waals surface area contributed by atoms with Crippen LogP contribution in [0.25, 0.3) is 0 Å². The quantitative estimate of drug-likeness (QED) is 0.705. The van der Waals surface area contributed by atoms with Crippen molar-refractivity contribution >= 4 is 0 Å². The highest BCUT2D eigenvalue weighted by Crippen LogP contribution is 2.25. The van der Waals surface area contributed by atoms with Gasteiger partial charge in [-0.25, -0.2) is 0 Å². The number of hydrogen-bond acceptors (Lipinski definition) is 2. The second-order valence-electron chi connectivity index (χ2n) is 4.40. The van der Waals surface area contributed by atoms with Gasteiger partial charge in [-0.15, -0.1) is 0 Å². The third kappa shape index (κ3) is 2.15. The van der Waals surface area contributed by atoms with Gasteiger partial charge in [0.2, 0.25) is 0 Å². The smallest absolute Gasteiger partial charge is 0.119 e. The van der Waals surface area contributed by atoms with Gasteiger partial charge in [0.25, 0.3) is 0 Å². The number of aryl methyl sites for hydroxylation is 2. The van der Waals surface area contributed by atoms with Gasteiger partial charge >= 0.3 is 0 Å². The second-order valence-corrected chi connectivity index (χ2v) is 4.40. The maximum Gasteiger partial charge on any atom is 0.119 e. The number of fused-ring (bicyclic) bond motifs is 1. The first-order valence-electron chi connectivity index (χ1n) is 5.78. The van der Waals surface area contributed by atoms with Crippen LogP contribution in [-0.2, 0) is 17.6 Å². The van der Waals surface area contributed by atoms with Crippen molar-refractivity contribution in [3.8, 4) is 5.75 Å². The molecule has 80 valence electrons. The summed E-state index contributed by atoms with van der Waals surface area (Å²) in [6.07, 6.45) is 5.46. The van der Waals surface area contributed by atoms with E-state index in [9.17, 15) is 0 Å². The van der Waals surface area contributed by atoms with Gasteiger partial charge in [0.1, 0.15) is 18.5 Å². The molecule has 0 saturated carbocycles. The first-order valence-corrected chi connectivity index (χ1v) is 5.78. The molecule has 3 rings (SSSR count). The molecular weight excluding hydrogens is 188 g/mol. The number of rotatable bonds is 3. The van der Waals surface area contributed by atoms with Gasteiger partial charge in [0.05, 0.1) is 6.61 Å². The Hall–Kier alpha value is -1.02. The fraction of sp³-hybridized carbons (Fsp3) is 0.538. The summed E-state index contributed by atoms with van der Waals surface area (Å²) in [5.41, 5.74) is 2.99. The van der Waals surface area contributed by atoms with Crippen molar-refractivity contribution in [1.82, 2.24) is 0 Å². The molecule has 1 aliphatic heterocycles. The lowest BCUT2D eigenvalue weighted by molar-refractivity contribution is 0.262. The Morgan fingerprint density at radius 3 is 2.80 bits per heavy atom. The SMILES string of the molecule is c1cc2c(cc1OC[C@H]1CO1)CCCC2. The minimum absolute atomic E-state index is 0.348.